The molecule has 2 aromatic rings. The lowest BCUT2D eigenvalue weighted by molar-refractivity contribution is -0.123. The number of anilines is 2. The molecule has 8 nitrogen and oxygen atoms in total. The Labute approximate surface area is 175 Å². The number of nitrogens with one attached hydrogen (secondary N) is 1. The molecular formula is C21H23N3O5S. The Morgan fingerprint density at radius 2 is 1.80 bits per heavy atom. The van der Waals surface area contributed by atoms with Gasteiger partial charge < -0.3 is 15.0 Å². The molecule has 0 radical (unpaired) electrons. The van der Waals surface area contributed by atoms with Crippen LogP contribution in [0.4, 0.5) is 11.4 Å². The Bertz CT molecular complexity index is 1080. The average Bonchev–Trinajstić information content (AvgIpc) is 3.29. The SMILES string of the molecule is CC(=O)N1C[C@H](C(=O)Nc2cccc(S(=O)(=O)N3CCCC3)c2)Oc2ccccc21. The molecule has 2 amide bonds. The minimum absolute atomic E-state index is 0.0734. The van der Waals surface area contributed by atoms with Crippen LogP contribution >= 0.6 is 0 Å². The summed E-state index contributed by atoms with van der Waals surface area (Å²) in [5, 5.41) is 2.72. The molecule has 4 rings (SSSR count). The first-order valence-electron chi connectivity index (χ1n) is 9.81. The highest BCUT2D eigenvalue weighted by atomic mass is 32.2. The standard InChI is InChI=1S/C21H23N3O5S/c1-15(25)24-14-20(29-19-10-3-2-9-18(19)24)21(26)22-16-7-6-8-17(13-16)30(27,28)23-11-4-5-12-23/h2-3,6-10,13,20H,4-5,11-12,14H2,1H3,(H,22,26)/t20-/m1/s1. The molecule has 2 aliphatic rings. The normalized spacial score (nSPS) is 19.1. The maximum absolute atomic E-state index is 12.8. The van der Waals surface area contributed by atoms with Gasteiger partial charge in [0.1, 0.15) is 5.75 Å². The molecule has 2 aliphatic heterocycles. The zero-order valence-electron chi connectivity index (χ0n) is 16.6. The molecule has 0 saturated carbocycles. The highest BCUT2D eigenvalue weighted by molar-refractivity contribution is 7.89. The lowest BCUT2D eigenvalue weighted by Crippen LogP contribution is -2.48. The number of rotatable bonds is 4. The van der Waals surface area contributed by atoms with Crippen molar-refractivity contribution in [3.63, 3.8) is 0 Å². The summed E-state index contributed by atoms with van der Waals surface area (Å²) in [4.78, 5) is 26.5. The van der Waals surface area contributed by atoms with Gasteiger partial charge in [-0.25, -0.2) is 8.42 Å². The number of hydrogen-bond acceptors (Lipinski definition) is 5. The summed E-state index contributed by atoms with van der Waals surface area (Å²) in [6.45, 7) is 2.53. The molecule has 1 fully saturated rings. The number of benzene rings is 2. The summed E-state index contributed by atoms with van der Waals surface area (Å²) in [6.07, 6.45) is 0.786. The van der Waals surface area contributed by atoms with Crippen molar-refractivity contribution in [2.45, 2.75) is 30.8 Å². The monoisotopic (exact) mass is 429 g/mol. The number of para-hydroxylation sites is 2. The first kappa shape index (κ1) is 20.4. The minimum Gasteiger partial charge on any atom is -0.476 e. The fourth-order valence-electron chi connectivity index (χ4n) is 3.70. The zero-order valence-corrected chi connectivity index (χ0v) is 17.4. The Hall–Kier alpha value is -2.91. The van der Waals surface area contributed by atoms with Gasteiger partial charge in [0.05, 0.1) is 17.1 Å². The summed E-state index contributed by atoms with van der Waals surface area (Å²) in [7, 11) is -3.58. The van der Waals surface area contributed by atoms with E-state index in [0.29, 0.717) is 30.2 Å². The summed E-state index contributed by atoms with van der Waals surface area (Å²) in [5.41, 5.74) is 0.977. The van der Waals surface area contributed by atoms with E-state index in [-0.39, 0.29) is 17.3 Å². The van der Waals surface area contributed by atoms with Crippen LogP contribution < -0.4 is 15.0 Å². The molecule has 0 aliphatic carbocycles. The van der Waals surface area contributed by atoms with Crippen molar-refractivity contribution in [2.24, 2.45) is 0 Å². The molecule has 1 atom stereocenters. The number of nitrogens with zero attached hydrogens (tertiary/aromatic N) is 2. The van der Waals surface area contributed by atoms with Gasteiger partial charge in [-0.05, 0) is 43.2 Å². The largest absolute Gasteiger partial charge is 0.476 e. The third-order valence-electron chi connectivity index (χ3n) is 5.25. The maximum atomic E-state index is 12.8. The van der Waals surface area contributed by atoms with E-state index in [9.17, 15) is 18.0 Å². The maximum Gasteiger partial charge on any atom is 0.267 e. The van der Waals surface area contributed by atoms with E-state index in [1.165, 1.54) is 28.3 Å². The van der Waals surface area contributed by atoms with Gasteiger partial charge >= 0.3 is 0 Å². The molecule has 1 N–H and O–H groups in total. The first-order valence-corrected chi connectivity index (χ1v) is 11.2. The molecule has 0 bridgehead atoms. The molecule has 0 spiro atoms. The highest BCUT2D eigenvalue weighted by Gasteiger charge is 2.33. The van der Waals surface area contributed by atoms with Crippen molar-refractivity contribution in [1.29, 1.82) is 0 Å². The fraction of sp³-hybridized carbons (Fsp3) is 0.333. The van der Waals surface area contributed by atoms with Crippen LogP contribution in [-0.2, 0) is 19.6 Å². The van der Waals surface area contributed by atoms with Crippen molar-refractivity contribution in [3.8, 4) is 5.75 Å². The smallest absolute Gasteiger partial charge is 0.267 e. The quantitative estimate of drug-likeness (QED) is 0.804. The molecule has 2 heterocycles. The second kappa shape index (κ2) is 8.08. The van der Waals surface area contributed by atoms with Crippen LogP contribution in [0.2, 0.25) is 0 Å². The molecule has 158 valence electrons. The number of ether oxygens (including phenoxy) is 1. The summed E-state index contributed by atoms with van der Waals surface area (Å²) in [6, 6.07) is 13.2. The lowest BCUT2D eigenvalue weighted by Gasteiger charge is -2.33. The predicted molar refractivity (Wildman–Crippen MR) is 112 cm³/mol. The van der Waals surface area contributed by atoms with Gasteiger partial charge in [0, 0.05) is 25.7 Å². The molecule has 9 heteroatoms. The fourth-order valence-corrected chi connectivity index (χ4v) is 5.27. The van der Waals surface area contributed by atoms with Crippen LogP contribution in [-0.4, -0.2) is 50.3 Å². The van der Waals surface area contributed by atoms with E-state index >= 15 is 0 Å². The topological polar surface area (TPSA) is 96.0 Å². The summed E-state index contributed by atoms with van der Waals surface area (Å²) < 4.78 is 32.8. The van der Waals surface area contributed by atoms with Gasteiger partial charge in [-0.15, -0.1) is 0 Å². The second-order valence-corrected chi connectivity index (χ2v) is 9.27. The highest BCUT2D eigenvalue weighted by Crippen LogP contribution is 2.33. The molecule has 0 aromatic heterocycles. The van der Waals surface area contributed by atoms with Crippen molar-refractivity contribution >= 4 is 33.2 Å². The molecule has 30 heavy (non-hydrogen) atoms. The van der Waals surface area contributed by atoms with Crippen LogP contribution in [0.15, 0.2) is 53.4 Å². The average molecular weight is 429 g/mol. The van der Waals surface area contributed by atoms with Gasteiger partial charge in [-0.2, -0.15) is 4.31 Å². The Morgan fingerprint density at radius 1 is 1.07 bits per heavy atom. The number of amides is 2. The van der Waals surface area contributed by atoms with Crippen LogP contribution in [0.3, 0.4) is 0 Å². The summed E-state index contributed by atoms with van der Waals surface area (Å²) in [5.74, 6) is -0.196. The van der Waals surface area contributed by atoms with Gasteiger partial charge in [-0.1, -0.05) is 18.2 Å². The third-order valence-corrected chi connectivity index (χ3v) is 7.15. The Kier molecular flexibility index (Phi) is 5.48. The predicted octanol–water partition coefficient (Wildman–Crippen LogP) is 2.22. The number of hydrogen-bond donors (Lipinski definition) is 1. The second-order valence-electron chi connectivity index (χ2n) is 7.33. The molecule has 1 saturated heterocycles. The van der Waals surface area contributed by atoms with E-state index in [4.69, 9.17) is 4.74 Å². The van der Waals surface area contributed by atoms with Crippen LogP contribution in [0.1, 0.15) is 19.8 Å². The van der Waals surface area contributed by atoms with Gasteiger partial charge in [0.25, 0.3) is 5.91 Å². The van der Waals surface area contributed by atoms with Crippen molar-refractivity contribution in [2.75, 3.05) is 29.9 Å². The van der Waals surface area contributed by atoms with E-state index in [1.54, 1.807) is 36.4 Å². The third kappa shape index (κ3) is 3.90. The molecule has 0 unspecified atom stereocenters. The van der Waals surface area contributed by atoms with E-state index in [0.717, 1.165) is 12.8 Å². The Morgan fingerprint density at radius 3 is 2.53 bits per heavy atom. The summed E-state index contributed by atoms with van der Waals surface area (Å²) >= 11 is 0. The molecule has 2 aromatic carbocycles. The van der Waals surface area contributed by atoms with E-state index in [1.807, 2.05) is 0 Å². The number of carbonyl (C=O) groups excluding carboxylic acids is 2. The van der Waals surface area contributed by atoms with Crippen molar-refractivity contribution in [1.82, 2.24) is 4.31 Å². The first-order chi connectivity index (χ1) is 14.4. The minimum atomic E-state index is -3.58. The Balaban J connectivity index is 1.53. The van der Waals surface area contributed by atoms with Crippen molar-refractivity contribution in [3.05, 3.63) is 48.5 Å². The van der Waals surface area contributed by atoms with Gasteiger partial charge in [-0.3, -0.25) is 9.59 Å². The number of fused-ring (bicyclic) bond motifs is 1. The zero-order chi connectivity index (χ0) is 21.3. The lowest BCUT2D eigenvalue weighted by atomic mass is 10.1. The van der Waals surface area contributed by atoms with E-state index in [2.05, 4.69) is 5.32 Å². The van der Waals surface area contributed by atoms with Gasteiger partial charge in [0.2, 0.25) is 15.9 Å². The van der Waals surface area contributed by atoms with Crippen LogP contribution in [0, 0.1) is 0 Å². The van der Waals surface area contributed by atoms with Crippen molar-refractivity contribution < 1.29 is 22.7 Å². The molecular weight excluding hydrogens is 406 g/mol. The number of carbonyl (C=O) groups is 2. The van der Waals surface area contributed by atoms with Crippen LogP contribution in [0.5, 0.6) is 5.75 Å². The number of sulfonamides is 1. The van der Waals surface area contributed by atoms with Gasteiger partial charge in [0.15, 0.2) is 6.10 Å². The van der Waals surface area contributed by atoms with E-state index < -0.39 is 22.0 Å². The van der Waals surface area contributed by atoms with Crippen LogP contribution in [0.25, 0.3) is 0 Å².